The van der Waals surface area contributed by atoms with Crippen molar-refractivity contribution in [1.82, 2.24) is 0 Å². The minimum Gasteiger partial charge on any atom is -0.494 e. The second-order valence-corrected chi connectivity index (χ2v) is 9.12. The lowest BCUT2D eigenvalue weighted by Gasteiger charge is -2.27. The molecule has 0 aromatic heterocycles. The van der Waals surface area contributed by atoms with Crippen molar-refractivity contribution in [3.05, 3.63) is 59.2 Å². The van der Waals surface area contributed by atoms with Crippen LogP contribution in [0.1, 0.15) is 76.9 Å². The van der Waals surface area contributed by atoms with Gasteiger partial charge in [-0.1, -0.05) is 26.8 Å². The summed E-state index contributed by atoms with van der Waals surface area (Å²) in [7, 11) is 0. The second kappa shape index (κ2) is 10.5. The lowest BCUT2D eigenvalue weighted by Crippen LogP contribution is -2.18. The molecule has 0 amide bonds. The van der Waals surface area contributed by atoms with Crippen LogP contribution < -0.4 is 14.2 Å². The van der Waals surface area contributed by atoms with E-state index in [0.29, 0.717) is 12.2 Å². The molecule has 0 aliphatic rings. The van der Waals surface area contributed by atoms with Gasteiger partial charge in [-0.2, -0.15) is 0 Å². The average Bonchev–Trinajstić information content (AvgIpc) is 2.64. The molecule has 0 radical (unpaired) electrons. The van der Waals surface area contributed by atoms with Gasteiger partial charge in [0.15, 0.2) is 5.78 Å². The molecule has 0 unspecified atom stereocenters. The van der Waals surface area contributed by atoms with E-state index < -0.39 is 0 Å². The van der Waals surface area contributed by atoms with E-state index in [9.17, 15) is 4.79 Å². The quantitative estimate of drug-likeness (QED) is 0.326. The van der Waals surface area contributed by atoms with Gasteiger partial charge in [0.1, 0.15) is 17.2 Å². The van der Waals surface area contributed by atoms with Crippen LogP contribution in [0.5, 0.6) is 17.2 Å². The van der Waals surface area contributed by atoms with Crippen LogP contribution in [0.15, 0.2) is 42.5 Å². The molecule has 0 aliphatic heterocycles. The molecule has 0 aliphatic carbocycles. The number of carbonyl (C=O) groups is 1. The molecule has 0 saturated heterocycles. The van der Waals surface area contributed by atoms with Crippen LogP contribution in [0.2, 0.25) is 0 Å². The summed E-state index contributed by atoms with van der Waals surface area (Å²) in [4.78, 5) is 12.8. The molecule has 2 aromatic carbocycles. The molecule has 0 atom stereocenters. The van der Waals surface area contributed by atoms with Gasteiger partial charge in [0.05, 0.1) is 18.8 Å². The largest absolute Gasteiger partial charge is 0.494 e. The first-order valence-electron chi connectivity index (χ1n) is 11.0. The Kier molecular flexibility index (Phi) is 8.32. The molecule has 0 N–H and O–H groups in total. The van der Waals surface area contributed by atoms with E-state index in [-0.39, 0.29) is 23.4 Å². The van der Waals surface area contributed by atoms with Gasteiger partial charge in [0.25, 0.3) is 0 Å². The van der Waals surface area contributed by atoms with Crippen LogP contribution >= 0.6 is 0 Å². The van der Waals surface area contributed by atoms with Crippen molar-refractivity contribution < 1.29 is 19.0 Å². The molecule has 168 valence electrons. The smallest absolute Gasteiger partial charge is 0.185 e. The molecule has 31 heavy (non-hydrogen) atoms. The number of rotatable bonds is 9. The molecule has 2 aromatic rings. The minimum atomic E-state index is -0.178. The summed E-state index contributed by atoms with van der Waals surface area (Å²) in [6, 6.07) is 11.1. The van der Waals surface area contributed by atoms with E-state index in [2.05, 4.69) is 20.8 Å². The number of benzene rings is 2. The maximum atomic E-state index is 12.8. The van der Waals surface area contributed by atoms with Crippen LogP contribution in [-0.4, -0.2) is 24.6 Å². The van der Waals surface area contributed by atoms with Gasteiger partial charge in [0.2, 0.25) is 0 Å². The zero-order valence-corrected chi connectivity index (χ0v) is 20.1. The van der Waals surface area contributed by atoms with Gasteiger partial charge < -0.3 is 14.2 Å². The highest BCUT2D eigenvalue weighted by molar-refractivity contribution is 6.07. The molecule has 4 heteroatoms. The van der Waals surface area contributed by atoms with Gasteiger partial charge in [-0.05, 0) is 82.0 Å². The SMILES string of the molecule is CCOc1ccc(C(=O)/C=C/c2cc(OC(C)C)cc(OC(C)C)c2C(C)(C)C)cc1. The first-order valence-corrected chi connectivity index (χ1v) is 11.0. The Balaban J connectivity index is 2.47. The fourth-order valence-corrected chi connectivity index (χ4v) is 3.38. The maximum Gasteiger partial charge on any atom is 0.185 e. The third-order valence-corrected chi connectivity index (χ3v) is 4.45. The highest BCUT2D eigenvalue weighted by Gasteiger charge is 2.24. The van der Waals surface area contributed by atoms with Crippen LogP contribution in [0.4, 0.5) is 0 Å². The molecule has 0 bridgehead atoms. The van der Waals surface area contributed by atoms with E-state index in [4.69, 9.17) is 14.2 Å². The lowest BCUT2D eigenvalue weighted by molar-refractivity contribution is 0.104. The number of hydrogen-bond donors (Lipinski definition) is 0. The Bertz CT molecular complexity index is 900. The van der Waals surface area contributed by atoms with Crippen molar-refractivity contribution in [1.29, 1.82) is 0 Å². The lowest BCUT2D eigenvalue weighted by atomic mass is 9.82. The normalized spacial score (nSPS) is 11.9. The molecular weight excluding hydrogens is 388 g/mol. The van der Waals surface area contributed by atoms with E-state index in [1.165, 1.54) is 0 Å². The van der Waals surface area contributed by atoms with Crippen molar-refractivity contribution in [2.24, 2.45) is 0 Å². The Labute approximate surface area is 187 Å². The summed E-state index contributed by atoms with van der Waals surface area (Å²) in [6.45, 7) is 17.0. The third-order valence-electron chi connectivity index (χ3n) is 4.45. The van der Waals surface area contributed by atoms with Crippen molar-refractivity contribution >= 4 is 11.9 Å². The first-order chi connectivity index (χ1) is 14.5. The minimum absolute atomic E-state index is 0.0257. The summed E-state index contributed by atoms with van der Waals surface area (Å²) in [5.41, 5.74) is 2.40. The maximum absolute atomic E-state index is 12.8. The topological polar surface area (TPSA) is 44.8 Å². The van der Waals surface area contributed by atoms with Crippen molar-refractivity contribution in [3.63, 3.8) is 0 Å². The summed E-state index contributed by atoms with van der Waals surface area (Å²) < 4.78 is 17.6. The molecule has 0 fully saturated rings. The van der Waals surface area contributed by atoms with E-state index in [0.717, 1.165) is 28.4 Å². The molecular formula is C27H36O4. The standard InChI is InChI=1S/C27H36O4/c1-9-29-22-13-10-20(11-14-22)24(28)15-12-21-16-23(30-18(2)3)17-25(31-19(4)5)26(21)27(6,7)8/h10-19H,9H2,1-8H3/b15-12+. The van der Waals surface area contributed by atoms with E-state index in [1.54, 1.807) is 18.2 Å². The number of hydrogen-bond acceptors (Lipinski definition) is 4. The van der Waals surface area contributed by atoms with Gasteiger partial charge in [-0.3, -0.25) is 4.79 Å². The fraction of sp³-hybridized carbons (Fsp3) is 0.444. The number of ketones is 1. The van der Waals surface area contributed by atoms with Gasteiger partial charge >= 0.3 is 0 Å². The number of carbonyl (C=O) groups excluding carboxylic acids is 1. The molecule has 0 heterocycles. The van der Waals surface area contributed by atoms with Gasteiger partial charge in [0, 0.05) is 17.2 Å². The summed E-state index contributed by atoms with van der Waals surface area (Å²) in [5, 5.41) is 0. The van der Waals surface area contributed by atoms with Crippen molar-refractivity contribution in [3.8, 4) is 17.2 Å². The van der Waals surface area contributed by atoms with Crippen LogP contribution in [-0.2, 0) is 5.41 Å². The van der Waals surface area contributed by atoms with Crippen molar-refractivity contribution in [2.75, 3.05) is 6.61 Å². The van der Waals surface area contributed by atoms with Gasteiger partial charge in [-0.15, -0.1) is 0 Å². The Morgan fingerprint density at radius 3 is 2.06 bits per heavy atom. The zero-order valence-electron chi connectivity index (χ0n) is 20.1. The second-order valence-electron chi connectivity index (χ2n) is 9.12. The molecule has 0 spiro atoms. The van der Waals surface area contributed by atoms with Gasteiger partial charge in [-0.25, -0.2) is 0 Å². The summed E-state index contributed by atoms with van der Waals surface area (Å²) in [6.07, 6.45) is 3.53. The average molecular weight is 425 g/mol. The summed E-state index contributed by atoms with van der Waals surface area (Å²) in [5.74, 6) is 2.21. The third kappa shape index (κ3) is 7.16. The van der Waals surface area contributed by atoms with Crippen LogP contribution in [0.25, 0.3) is 6.08 Å². The Morgan fingerprint density at radius 1 is 0.935 bits per heavy atom. The molecule has 4 nitrogen and oxygen atoms in total. The summed E-state index contributed by atoms with van der Waals surface area (Å²) >= 11 is 0. The predicted octanol–water partition coefficient (Wildman–Crippen LogP) is 6.85. The molecule has 2 rings (SSSR count). The fourth-order valence-electron chi connectivity index (χ4n) is 3.38. The Hall–Kier alpha value is -2.75. The number of ether oxygens (including phenoxy) is 3. The molecule has 0 saturated carbocycles. The number of allylic oxidation sites excluding steroid dienone is 1. The highest BCUT2D eigenvalue weighted by Crippen LogP contribution is 2.39. The van der Waals surface area contributed by atoms with Crippen LogP contribution in [0.3, 0.4) is 0 Å². The predicted molar refractivity (Wildman–Crippen MR) is 128 cm³/mol. The highest BCUT2D eigenvalue weighted by atomic mass is 16.5. The van der Waals surface area contributed by atoms with Crippen LogP contribution in [0, 0.1) is 0 Å². The monoisotopic (exact) mass is 424 g/mol. The van der Waals surface area contributed by atoms with Crippen molar-refractivity contribution in [2.45, 2.75) is 73.0 Å². The zero-order chi connectivity index (χ0) is 23.2. The van der Waals surface area contributed by atoms with E-state index in [1.807, 2.05) is 65.0 Å². The Morgan fingerprint density at radius 2 is 1.55 bits per heavy atom. The first kappa shape index (κ1) is 24.5. The van der Waals surface area contributed by atoms with E-state index >= 15 is 0 Å².